The van der Waals surface area contributed by atoms with Crippen LogP contribution in [0.2, 0.25) is 0 Å². The van der Waals surface area contributed by atoms with E-state index in [4.69, 9.17) is 10.2 Å². The number of fused-ring (bicyclic) bond motifs is 1. The van der Waals surface area contributed by atoms with E-state index < -0.39 is 12.1 Å². The van der Waals surface area contributed by atoms with Crippen LogP contribution in [0.3, 0.4) is 0 Å². The number of carbonyl (C=O) groups excluding carboxylic acids is 3. The molecule has 0 unspecified atom stereocenters. The summed E-state index contributed by atoms with van der Waals surface area (Å²) in [5, 5.41) is 10.6. The van der Waals surface area contributed by atoms with Crippen molar-refractivity contribution in [2.24, 2.45) is 5.73 Å². The highest BCUT2D eigenvalue weighted by Crippen LogP contribution is 2.27. The van der Waals surface area contributed by atoms with Gasteiger partial charge in [0.25, 0.3) is 5.91 Å². The minimum atomic E-state index is -0.746. The summed E-state index contributed by atoms with van der Waals surface area (Å²) in [5.41, 5.74) is 7.92. The third-order valence-corrected chi connectivity index (χ3v) is 8.19. The molecule has 0 saturated heterocycles. The van der Waals surface area contributed by atoms with E-state index in [2.05, 4.69) is 16.0 Å². The molecule has 0 spiro atoms. The molecule has 1 saturated carbocycles. The van der Waals surface area contributed by atoms with Gasteiger partial charge in [-0.2, -0.15) is 0 Å². The summed E-state index contributed by atoms with van der Waals surface area (Å²) < 4.78 is 5.42. The van der Waals surface area contributed by atoms with Gasteiger partial charge in [0.2, 0.25) is 5.91 Å². The van der Waals surface area contributed by atoms with Crippen molar-refractivity contribution in [3.63, 3.8) is 0 Å². The third-order valence-electron chi connectivity index (χ3n) is 8.19. The van der Waals surface area contributed by atoms with Crippen LogP contribution in [0.15, 0.2) is 89.5 Å². The molecule has 0 radical (unpaired) electrons. The number of nitrogens with one attached hydrogen (secondary N) is 3. The van der Waals surface area contributed by atoms with Gasteiger partial charge in [0.1, 0.15) is 6.04 Å². The largest absolute Gasteiger partial charge is 0.459 e. The van der Waals surface area contributed by atoms with Crippen molar-refractivity contribution in [3.8, 4) is 0 Å². The number of urea groups is 1. The minimum absolute atomic E-state index is 0.104. The number of furan rings is 1. The molecule has 1 heterocycles. The van der Waals surface area contributed by atoms with Gasteiger partial charge in [-0.3, -0.25) is 9.59 Å². The van der Waals surface area contributed by atoms with Gasteiger partial charge in [-0.15, -0.1) is 0 Å². The molecule has 1 aliphatic carbocycles. The molecule has 9 heteroatoms. The predicted molar refractivity (Wildman–Crippen MR) is 173 cm³/mol. The fraction of sp³-hybridized carbons (Fsp3) is 0.343. The summed E-state index contributed by atoms with van der Waals surface area (Å²) in [7, 11) is 0. The maximum atomic E-state index is 13.3. The second kappa shape index (κ2) is 15.2. The normalized spacial score (nSPS) is 14.1. The van der Waals surface area contributed by atoms with Gasteiger partial charge < -0.3 is 31.0 Å². The molecule has 4 amide bonds. The van der Waals surface area contributed by atoms with Crippen molar-refractivity contribution in [3.05, 3.63) is 96.4 Å². The van der Waals surface area contributed by atoms with Crippen LogP contribution in [0.5, 0.6) is 0 Å². The third kappa shape index (κ3) is 8.05. The maximum absolute atomic E-state index is 13.3. The average Bonchev–Trinajstić information content (AvgIpc) is 3.60. The van der Waals surface area contributed by atoms with E-state index in [1.165, 1.54) is 12.7 Å². The Morgan fingerprint density at radius 3 is 2.39 bits per heavy atom. The molecule has 9 nitrogen and oxygen atoms in total. The zero-order chi connectivity index (χ0) is 30.7. The van der Waals surface area contributed by atoms with Crippen molar-refractivity contribution < 1.29 is 18.8 Å². The van der Waals surface area contributed by atoms with Crippen LogP contribution >= 0.6 is 0 Å². The number of rotatable bonds is 12. The second-order valence-electron chi connectivity index (χ2n) is 11.4. The number of benzene rings is 3. The fourth-order valence-electron chi connectivity index (χ4n) is 5.83. The first kappa shape index (κ1) is 30.8. The summed E-state index contributed by atoms with van der Waals surface area (Å²) in [6.45, 7) is 0.967. The highest BCUT2D eigenvalue weighted by atomic mass is 16.3. The average molecular weight is 596 g/mol. The number of anilines is 2. The SMILES string of the molecule is NCCCC[C@@H](NC(=O)Nc1cccc2ccccc12)C(=O)Nc1ccc(CN(C(=O)c2ccco2)C2CCCCC2)cc1. The Morgan fingerprint density at radius 1 is 0.864 bits per heavy atom. The van der Waals surface area contributed by atoms with E-state index >= 15 is 0 Å². The molecule has 230 valence electrons. The first-order valence-electron chi connectivity index (χ1n) is 15.5. The molecule has 1 aliphatic rings. The van der Waals surface area contributed by atoms with Gasteiger partial charge in [-0.05, 0) is 79.9 Å². The molecule has 1 atom stereocenters. The molecular formula is C35H41N5O4. The van der Waals surface area contributed by atoms with E-state index in [9.17, 15) is 14.4 Å². The lowest BCUT2D eigenvalue weighted by atomic mass is 9.93. The Balaban J connectivity index is 1.23. The minimum Gasteiger partial charge on any atom is -0.459 e. The molecular weight excluding hydrogens is 554 g/mol. The molecule has 44 heavy (non-hydrogen) atoms. The standard InChI is InChI=1S/C35H41N5O4/c36-22-7-6-15-31(39-35(43)38-30-16-8-11-26-10-4-5-14-29(26)30)33(41)37-27-20-18-25(19-21-27)24-40(28-12-2-1-3-13-28)34(42)32-17-9-23-44-32/h4-5,8-11,14,16-21,23,28,31H,1-3,6-7,12-13,15,22,24,36H2,(H,37,41)(H2,38,39,43)/t31-/m1/s1. The van der Waals surface area contributed by atoms with Crippen LogP contribution < -0.4 is 21.7 Å². The maximum Gasteiger partial charge on any atom is 0.319 e. The van der Waals surface area contributed by atoms with Crippen LogP contribution in [0.4, 0.5) is 16.2 Å². The number of hydrogen-bond donors (Lipinski definition) is 4. The molecule has 5 N–H and O–H groups in total. The molecule has 4 aromatic rings. The smallest absolute Gasteiger partial charge is 0.319 e. The van der Waals surface area contributed by atoms with E-state index in [1.54, 1.807) is 12.1 Å². The van der Waals surface area contributed by atoms with Crippen LogP contribution in [-0.2, 0) is 11.3 Å². The number of nitrogens with zero attached hydrogens (tertiary/aromatic N) is 1. The second-order valence-corrected chi connectivity index (χ2v) is 11.4. The van der Waals surface area contributed by atoms with E-state index in [1.807, 2.05) is 71.6 Å². The zero-order valence-corrected chi connectivity index (χ0v) is 25.0. The van der Waals surface area contributed by atoms with Gasteiger partial charge in [0.15, 0.2) is 5.76 Å². The molecule has 0 bridgehead atoms. The van der Waals surface area contributed by atoms with Crippen molar-refractivity contribution >= 4 is 40.0 Å². The topological polar surface area (TPSA) is 130 Å². The first-order chi connectivity index (χ1) is 21.5. The fourth-order valence-corrected chi connectivity index (χ4v) is 5.83. The van der Waals surface area contributed by atoms with Crippen molar-refractivity contribution in [2.75, 3.05) is 17.2 Å². The number of unbranched alkanes of at least 4 members (excludes halogenated alkanes) is 1. The molecule has 1 fully saturated rings. The van der Waals surface area contributed by atoms with Gasteiger partial charge in [-0.25, -0.2) is 4.79 Å². The summed E-state index contributed by atoms with van der Waals surface area (Å²) in [4.78, 5) is 41.6. The Bertz CT molecular complexity index is 1530. The van der Waals surface area contributed by atoms with Crippen LogP contribution in [0, 0.1) is 0 Å². The lowest BCUT2D eigenvalue weighted by Gasteiger charge is -2.34. The summed E-state index contributed by atoms with van der Waals surface area (Å²) in [6, 6.07) is 23.4. The quantitative estimate of drug-likeness (QED) is 0.136. The first-order valence-corrected chi connectivity index (χ1v) is 15.5. The van der Waals surface area contributed by atoms with Crippen molar-refractivity contribution in [2.45, 2.75) is 70.0 Å². The Labute approximate surface area is 258 Å². The predicted octanol–water partition coefficient (Wildman–Crippen LogP) is 6.67. The Kier molecular flexibility index (Phi) is 10.6. The highest BCUT2D eigenvalue weighted by Gasteiger charge is 2.28. The Morgan fingerprint density at radius 2 is 1.64 bits per heavy atom. The van der Waals surface area contributed by atoms with E-state index in [0.29, 0.717) is 43.1 Å². The van der Waals surface area contributed by atoms with E-state index in [-0.39, 0.29) is 17.9 Å². The number of amides is 4. The lowest BCUT2D eigenvalue weighted by molar-refractivity contribution is -0.118. The van der Waals surface area contributed by atoms with Crippen LogP contribution in [0.25, 0.3) is 10.8 Å². The van der Waals surface area contributed by atoms with Gasteiger partial charge in [-0.1, -0.05) is 67.8 Å². The monoisotopic (exact) mass is 595 g/mol. The number of carbonyl (C=O) groups is 3. The molecule has 3 aromatic carbocycles. The van der Waals surface area contributed by atoms with E-state index in [0.717, 1.165) is 48.4 Å². The molecule has 1 aromatic heterocycles. The Hall–Kier alpha value is -4.63. The lowest BCUT2D eigenvalue weighted by Crippen LogP contribution is -2.45. The van der Waals surface area contributed by atoms with Crippen LogP contribution in [0.1, 0.15) is 67.5 Å². The van der Waals surface area contributed by atoms with Gasteiger partial charge in [0, 0.05) is 23.7 Å². The van der Waals surface area contributed by atoms with Crippen LogP contribution in [-0.4, -0.2) is 41.4 Å². The van der Waals surface area contributed by atoms with Gasteiger partial charge in [0.05, 0.1) is 12.0 Å². The number of nitrogens with two attached hydrogens (primary N) is 1. The van der Waals surface area contributed by atoms with Crippen molar-refractivity contribution in [1.29, 1.82) is 0 Å². The molecule has 5 rings (SSSR count). The molecule has 0 aliphatic heterocycles. The highest BCUT2D eigenvalue weighted by molar-refractivity contribution is 6.03. The summed E-state index contributed by atoms with van der Waals surface area (Å²) in [5.74, 6) is -0.0655. The summed E-state index contributed by atoms with van der Waals surface area (Å²) in [6.07, 6.45) is 8.80. The zero-order valence-electron chi connectivity index (χ0n) is 25.0. The van der Waals surface area contributed by atoms with Crippen molar-refractivity contribution in [1.82, 2.24) is 10.2 Å². The number of hydrogen-bond acceptors (Lipinski definition) is 5. The summed E-state index contributed by atoms with van der Waals surface area (Å²) >= 11 is 0. The van der Waals surface area contributed by atoms with Gasteiger partial charge >= 0.3 is 6.03 Å².